The number of nitrogens with zero attached hydrogens (tertiary/aromatic N) is 2. The number of hydrogen-bond donors (Lipinski definition) is 1. The molecule has 0 atom stereocenters. The number of halogens is 8. The van der Waals surface area contributed by atoms with Crippen LogP contribution >= 0.6 is 0 Å². The molecule has 212 valence electrons. The minimum absolute atomic E-state index is 0.00539. The minimum Gasteiger partial charge on any atom is -0.369 e. The zero-order valence-electron chi connectivity index (χ0n) is 20.6. The standard InChI is InChI=1S/C24H26F8N2O3S/c1-14(2)20-17(15-4-6-16(7-5-15)22(35,23(27,28)29)24(30,31)32)12-19(25)18(21(20)26)13-33-8-10-34(11-9-33)38(3,36)37/h4-7,12,14,35H,8-11,13H2,1-3H3. The Morgan fingerprint density at radius 1 is 0.921 bits per heavy atom. The van der Waals surface area contributed by atoms with Gasteiger partial charge in [-0.05, 0) is 28.7 Å². The molecule has 0 bridgehead atoms. The topological polar surface area (TPSA) is 60.9 Å². The highest BCUT2D eigenvalue weighted by molar-refractivity contribution is 7.88. The molecule has 1 aliphatic rings. The van der Waals surface area contributed by atoms with Gasteiger partial charge >= 0.3 is 12.4 Å². The summed E-state index contributed by atoms with van der Waals surface area (Å²) in [5.74, 6) is -2.43. The molecular weight excluding hydrogens is 548 g/mol. The molecule has 1 heterocycles. The summed E-state index contributed by atoms with van der Waals surface area (Å²) in [6.45, 7) is 3.76. The molecule has 0 radical (unpaired) electrons. The second-order valence-electron chi connectivity index (χ2n) is 9.49. The van der Waals surface area contributed by atoms with Crippen LogP contribution in [0.1, 0.15) is 36.5 Å². The van der Waals surface area contributed by atoms with E-state index >= 15 is 8.78 Å². The fourth-order valence-corrected chi connectivity index (χ4v) is 5.27. The van der Waals surface area contributed by atoms with Crippen LogP contribution in [0, 0.1) is 11.6 Å². The smallest absolute Gasteiger partial charge is 0.369 e. The van der Waals surface area contributed by atoms with E-state index in [-0.39, 0.29) is 55.0 Å². The average molecular weight is 575 g/mol. The highest BCUT2D eigenvalue weighted by Crippen LogP contribution is 2.50. The van der Waals surface area contributed by atoms with Gasteiger partial charge in [0.2, 0.25) is 10.0 Å². The van der Waals surface area contributed by atoms with Gasteiger partial charge in [0.05, 0.1) is 6.26 Å². The lowest BCUT2D eigenvalue weighted by atomic mass is 9.87. The molecule has 0 aromatic heterocycles. The van der Waals surface area contributed by atoms with Crippen molar-refractivity contribution in [1.82, 2.24) is 9.21 Å². The zero-order valence-corrected chi connectivity index (χ0v) is 21.4. The summed E-state index contributed by atoms with van der Waals surface area (Å²) in [5.41, 5.74) is -7.00. The van der Waals surface area contributed by atoms with Gasteiger partial charge in [-0.1, -0.05) is 38.1 Å². The number of hydrogen-bond acceptors (Lipinski definition) is 4. The van der Waals surface area contributed by atoms with Crippen molar-refractivity contribution < 1.29 is 48.6 Å². The van der Waals surface area contributed by atoms with Crippen LogP contribution in [0.5, 0.6) is 0 Å². The van der Waals surface area contributed by atoms with Gasteiger partial charge in [0, 0.05) is 43.9 Å². The van der Waals surface area contributed by atoms with E-state index in [0.29, 0.717) is 12.1 Å². The van der Waals surface area contributed by atoms with E-state index in [0.717, 1.165) is 24.5 Å². The van der Waals surface area contributed by atoms with Crippen LogP contribution in [0.25, 0.3) is 11.1 Å². The molecule has 2 aromatic carbocycles. The zero-order chi connectivity index (χ0) is 28.8. The van der Waals surface area contributed by atoms with Gasteiger partial charge in [-0.25, -0.2) is 17.2 Å². The first-order valence-corrected chi connectivity index (χ1v) is 13.3. The summed E-state index contributed by atoms with van der Waals surface area (Å²) in [4.78, 5) is 1.68. The lowest BCUT2D eigenvalue weighted by molar-refractivity contribution is -0.376. The summed E-state index contributed by atoms with van der Waals surface area (Å²) in [6.07, 6.45) is -11.1. The Bertz CT molecular complexity index is 1250. The summed E-state index contributed by atoms with van der Waals surface area (Å²) < 4.78 is 135. The molecular formula is C24H26F8N2O3S. The van der Waals surface area contributed by atoms with Gasteiger partial charge in [0.15, 0.2) is 0 Å². The van der Waals surface area contributed by atoms with Crippen molar-refractivity contribution in [2.45, 2.75) is 44.3 Å². The van der Waals surface area contributed by atoms with Crippen LogP contribution in [0.15, 0.2) is 30.3 Å². The lowest BCUT2D eigenvalue weighted by Gasteiger charge is -2.33. The second-order valence-corrected chi connectivity index (χ2v) is 11.5. The molecule has 2 aromatic rings. The highest BCUT2D eigenvalue weighted by atomic mass is 32.2. The molecule has 3 rings (SSSR count). The summed E-state index contributed by atoms with van der Waals surface area (Å²) >= 11 is 0. The number of aliphatic hydroxyl groups is 1. The first-order chi connectivity index (χ1) is 17.3. The van der Waals surface area contributed by atoms with Crippen molar-refractivity contribution in [3.05, 3.63) is 58.7 Å². The third-order valence-electron chi connectivity index (χ3n) is 6.54. The SMILES string of the molecule is CC(C)c1c(-c2ccc(C(O)(C(F)(F)F)C(F)(F)F)cc2)cc(F)c(CN2CCN(S(C)(=O)=O)CC2)c1F. The van der Waals surface area contributed by atoms with Gasteiger partial charge < -0.3 is 5.11 Å². The Hall–Kier alpha value is -2.29. The van der Waals surface area contributed by atoms with Crippen LogP contribution in [0.3, 0.4) is 0 Å². The summed E-state index contributed by atoms with van der Waals surface area (Å²) in [5, 5.41) is 9.59. The minimum atomic E-state index is -6.07. The maximum absolute atomic E-state index is 15.6. The van der Waals surface area contributed by atoms with E-state index in [1.807, 2.05) is 0 Å². The molecule has 1 aliphatic heterocycles. The van der Waals surface area contributed by atoms with Gasteiger partial charge in [-0.2, -0.15) is 30.6 Å². The van der Waals surface area contributed by atoms with Crippen LogP contribution in [0.2, 0.25) is 0 Å². The lowest BCUT2D eigenvalue weighted by Crippen LogP contribution is -2.53. The Kier molecular flexibility index (Phi) is 8.25. The molecule has 1 N–H and O–H groups in total. The third-order valence-corrected chi connectivity index (χ3v) is 7.85. The van der Waals surface area contributed by atoms with Crippen molar-refractivity contribution >= 4 is 10.0 Å². The Morgan fingerprint density at radius 2 is 1.42 bits per heavy atom. The van der Waals surface area contributed by atoms with E-state index < -0.39 is 51.1 Å². The van der Waals surface area contributed by atoms with Crippen molar-refractivity contribution in [3.63, 3.8) is 0 Å². The number of alkyl halides is 6. The van der Waals surface area contributed by atoms with Gasteiger partial charge in [0.25, 0.3) is 5.60 Å². The van der Waals surface area contributed by atoms with Gasteiger partial charge in [-0.3, -0.25) is 4.90 Å². The predicted molar refractivity (Wildman–Crippen MR) is 124 cm³/mol. The fraction of sp³-hybridized carbons (Fsp3) is 0.500. The quantitative estimate of drug-likeness (QED) is 0.486. The molecule has 14 heteroatoms. The Labute approximate surface area is 214 Å². The monoisotopic (exact) mass is 574 g/mol. The molecule has 0 saturated carbocycles. The number of benzene rings is 2. The van der Waals surface area contributed by atoms with Crippen molar-refractivity contribution in [1.29, 1.82) is 0 Å². The molecule has 0 aliphatic carbocycles. The molecule has 0 amide bonds. The van der Waals surface area contributed by atoms with Gasteiger partial charge in [0.1, 0.15) is 11.6 Å². The summed E-state index contributed by atoms with van der Waals surface area (Å²) in [6, 6.07) is 3.48. The first-order valence-electron chi connectivity index (χ1n) is 11.4. The Balaban J connectivity index is 1.98. The predicted octanol–water partition coefficient (Wildman–Crippen LogP) is 5.14. The van der Waals surface area contributed by atoms with E-state index in [4.69, 9.17) is 0 Å². The molecule has 5 nitrogen and oxygen atoms in total. The second kappa shape index (κ2) is 10.4. The first kappa shape index (κ1) is 30.3. The fourth-order valence-electron chi connectivity index (χ4n) is 4.45. The number of sulfonamides is 1. The van der Waals surface area contributed by atoms with Crippen LogP contribution in [-0.4, -0.2) is 67.5 Å². The maximum Gasteiger partial charge on any atom is 0.430 e. The van der Waals surface area contributed by atoms with Gasteiger partial charge in [-0.15, -0.1) is 0 Å². The van der Waals surface area contributed by atoms with Crippen molar-refractivity contribution in [2.75, 3.05) is 32.4 Å². The average Bonchev–Trinajstić information content (AvgIpc) is 2.79. The van der Waals surface area contributed by atoms with E-state index in [1.165, 1.54) is 4.31 Å². The molecule has 38 heavy (non-hydrogen) atoms. The molecule has 1 saturated heterocycles. The number of piperazine rings is 1. The Morgan fingerprint density at radius 3 is 1.84 bits per heavy atom. The normalized spacial score (nSPS) is 16.9. The number of rotatable bonds is 6. The van der Waals surface area contributed by atoms with Crippen LogP contribution < -0.4 is 0 Å². The largest absolute Gasteiger partial charge is 0.430 e. The molecule has 0 spiro atoms. The van der Waals surface area contributed by atoms with Crippen LogP contribution in [0.4, 0.5) is 35.1 Å². The third kappa shape index (κ3) is 5.68. The van der Waals surface area contributed by atoms with Crippen molar-refractivity contribution in [3.8, 4) is 11.1 Å². The van der Waals surface area contributed by atoms with Crippen molar-refractivity contribution in [2.24, 2.45) is 0 Å². The highest BCUT2D eigenvalue weighted by Gasteiger charge is 2.71. The molecule has 0 unspecified atom stereocenters. The summed E-state index contributed by atoms with van der Waals surface area (Å²) in [7, 11) is -3.40. The van der Waals surface area contributed by atoms with E-state index in [1.54, 1.807) is 18.7 Å². The maximum atomic E-state index is 15.6. The van der Waals surface area contributed by atoms with Crippen LogP contribution in [-0.2, 0) is 22.2 Å². The van der Waals surface area contributed by atoms with E-state index in [2.05, 4.69) is 0 Å². The molecule has 1 fully saturated rings. The van der Waals surface area contributed by atoms with E-state index in [9.17, 15) is 39.9 Å².